The minimum Gasteiger partial charge on any atom is -0.396 e. The molecule has 0 aliphatic carbocycles. The van der Waals surface area contributed by atoms with Crippen LogP contribution in [0.2, 0.25) is 0 Å². The third-order valence-corrected chi connectivity index (χ3v) is 7.40. The summed E-state index contributed by atoms with van der Waals surface area (Å²) in [5.74, 6) is -1.51. The number of anilines is 1. The highest BCUT2D eigenvalue weighted by atomic mass is 32.1. The Balaban J connectivity index is 1.50. The first-order valence-corrected chi connectivity index (χ1v) is 13.5. The summed E-state index contributed by atoms with van der Waals surface area (Å²) in [5.41, 5.74) is 2.09. The van der Waals surface area contributed by atoms with Gasteiger partial charge in [0.2, 0.25) is 5.91 Å². The average molecular weight is 540 g/mol. The third-order valence-electron chi connectivity index (χ3n) is 6.51. The van der Waals surface area contributed by atoms with Crippen molar-refractivity contribution in [3.05, 3.63) is 47.0 Å². The Bertz CT molecular complexity index is 1320. The summed E-state index contributed by atoms with van der Waals surface area (Å²) in [4.78, 5) is 48.2. The van der Waals surface area contributed by atoms with Gasteiger partial charge >= 0.3 is 0 Å². The number of carbonyl (C=O) groups excluding carboxylic acids is 3. The number of ether oxygens (including phenoxy) is 1. The first kappa shape index (κ1) is 25.9. The van der Waals surface area contributed by atoms with E-state index >= 15 is 0 Å². The van der Waals surface area contributed by atoms with Crippen molar-refractivity contribution in [1.82, 2.24) is 30.4 Å². The van der Waals surface area contributed by atoms with E-state index in [2.05, 4.69) is 31.0 Å². The van der Waals surface area contributed by atoms with Gasteiger partial charge < -0.3 is 25.8 Å². The van der Waals surface area contributed by atoms with Gasteiger partial charge in [0.25, 0.3) is 11.8 Å². The second-order valence-corrected chi connectivity index (χ2v) is 10.0. The van der Waals surface area contributed by atoms with Gasteiger partial charge in [-0.15, -0.1) is 11.3 Å². The fourth-order valence-corrected chi connectivity index (χ4v) is 5.26. The van der Waals surface area contributed by atoms with Gasteiger partial charge in [0.1, 0.15) is 16.7 Å². The van der Waals surface area contributed by atoms with Crippen LogP contribution in [0.1, 0.15) is 58.4 Å². The Morgan fingerprint density at radius 2 is 2.03 bits per heavy atom. The average Bonchev–Trinajstić information content (AvgIpc) is 3.59. The third kappa shape index (κ3) is 5.90. The minimum absolute atomic E-state index is 0.00542. The van der Waals surface area contributed by atoms with Gasteiger partial charge in [-0.3, -0.25) is 24.0 Å². The summed E-state index contributed by atoms with van der Waals surface area (Å²) in [5, 5.41) is 24.6. The predicted molar refractivity (Wildman–Crippen MR) is 139 cm³/mol. The Morgan fingerprint density at radius 3 is 2.84 bits per heavy atom. The maximum Gasteiger partial charge on any atom is 0.275 e. The van der Waals surface area contributed by atoms with Crippen LogP contribution in [0.15, 0.2) is 29.9 Å². The maximum atomic E-state index is 13.3. The molecule has 1 saturated heterocycles. The van der Waals surface area contributed by atoms with E-state index in [0.29, 0.717) is 37.6 Å². The SMILES string of the molecule is O=C1Nc2cn(C3CCOCC3)nc2C(=O)NC(CCO)C(=O)NCCCc2cc(ccn2)-c2nc1cs2. The van der Waals surface area contributed by atoms with Crippen molar-refractivity contribution >= 4 is 34.7 Å². The van der Waals surface area contributed by atoms with Crippen LogP contribution in [0, 0.1) is 0 Å². The van der Waals surface area contributed by atoms with Gasteiger partial charge in [0, 0.05) is 55.4 Å². The molecule has 4 N–H and O–H groups in total. The highest BCUT2D eigenvalue weighted by molar-refractivity contribution is 7.13. The number of hydrogen-bond acceptors (Lipinski definition) is 9. The number of pyridine rings is 1. The molecular formula is C25H29N7O5S. The quantitative estimate of drug-likeness (QED) is 0.390. The number of aliphatic hydroxyl groups is 1. The number of rotatable bonds is 3. The Hall–Kier alpha value is -3.68. The lowest BCUT2D eigenvalue weighted by Gasteiger charge is -2.22. The van der Waals surface area contributed by atoms with Crippen molar-refractivity contribution in [3.8, 4) is 10.6 Å². The molecule has 5 heterocycles. The van der Waals surface area contributed by atoms with Gasteiger partial charge in [-0.25, -0.2) is 4.98 Å². The van der Waals surface area contributed by atoms with Gasteiger partial charge in [0.15, 0.2) is 5.69 Å². The zero-order chi connectivity index (χ0) is 26.5. The Labute approximate surface area is 222 Å². The lowest BCUT2D eigenvalue weighted by molar-refractivity contribution is -0.123. The zero-order valence-corrected chi connectivity index (χ0v) is 21.5. The van der Waals surface area contributed by atoms with Crippen molar-refractivity contribution in [2.75, 3.05) is 31.7 Å². The molecule has 12 nitrogen and oxygen atoms in total. The molecule has 38 heavy (non-hydrogen) atoms. The number of aromatic nitrogens is 4. The highest BCUT2D eigenvalue weighted by Crippen LogP contribution is 2.27. The molecule has 0 aromatic carbocycles. The molecule has 1 fully saturated rings. The van der Waals surface area contributed by atoms with Crippen LogP contribution in [0.25, 0.3) is 10.6 Å². The van der Waals surface area contributed by atoms with Crippen LogP contribution in [-0.2, 0) is 16.0 Å². The molecule has 1 atom stereocenters. The largest absolute Gasteiger partial charge is 0.396 e. The molecule has 3 amide bonds. The molecule has 0 radical (unpaired) electrons. The number of aliphatic hydroxyl groups excluding tert-OH is 1. The molecule has 0 spiro atoms. The number of amides is 3. The van der Waals surface area contributed by atoms with Crippen molar-refractivity contribution in [3.63, 3.8) is 0 Å². The molecular weight excluding hydrogens is 510 g/mol. The van der Waals surface area contributed by atoms with Crippen molar-refractivity contribution in [2.24, 2.45) is 0 Å². The van der Waals surface area contributed by atoms with E-state index in [-0.39, 0.29) is 36.1 Å². The molecule has 5 rings (SSSR count). The standard InChI is InChI=1S/C25H29N7O5S/c33-9-4-18-22(34)27-7-1-2-16-12-15(3-8-26-16)25-30-20(14-38-25)23(35)29-19-13-32(17-5-10-37-11-6-17)31-21(19)24(36)28-18/h3,8,12-14,17-18,33H,1-2,4-7,9-11H2,(H,27,34)(H,28,36)(H,29,35). The van der Waals surface area contributed by atoms with Gasteiger partial charge in [-0.1, -0.05) is 0 Å². The number of carbonyl (C=O) groups is 3. The van der Waals surface area contributed by atoms with Crippen LogP contribution in [0.5, 0.6) is 0 Å². The first-order valence-electron chi connectivity index (χ1n) is 12.6. The topological polar surface area (TPSA) is 160 Å². The second kappa shape index (κ2) is 11.8. The summed E-state index contributed by atoms with van der Waals surface area (Å²) in [6, 6.07) is 2.80. The normalized spacial score (nSPS) is 19.5. The molecule has 1 unspecified atom stereocenters. The fourth-order valence-electron chi connectivity index (χ4n) is 4.46. The van der Waals surface area contributed by atoms with Crippen molar-refractivity contribution < 1.29 is 24.2 Å². The number of aryl methyl sites for hydroxylation is 1. The summed E-state index contributed by atoms with van der Waals surface area (Å²) in [7, 11) is 0. The number of thiazole rings is 1. The van der Waals surface area contributed by atoms with E-state index in [0.717, 1.165) is 24.1 Å². The zero-order valence-electron chi connectivity index (χ0n) is 20.7. The molecule has 3 aromatic heterocycles. The second-order valence-electron chi connectivity index (χ2n) is 9.18. The van der Waals surface area contributed by atoms with Gasteiger partial charge in [-0.2, -0.15) is 5.10 Å². The minimum atomic E-state index is -0.967. The van der Waals surface area contributed by atoms with E-state index in [1.807, 2.05) is 12.1 Å². The monoisotopic (exact) mass is 539 g/mol. The summed E-state index contributed by atoms with van der Waals surface area (Å²) < 4.78 is 7.11. The van der Waals surface area contributed by atoms with E-state index in [4.69, 9.17) is 4.74 Å². The molecule has 2 aliphatic rings. The van der Waals surface area contributed by atoms with E-state index in [9.17, 15) is 19.5 Å². The maximum absolute atomic E-state index is 13.3. The van der Waals surface area contributed by atoms with Gasteiger partial charge in [-0.05, 0) is 44.2 Å². The molecule has 0 saturated carbocycles. The van der Waals surface area contributed by atoms with Crippen LogP contribution < -0.4 is 16.0 Å². The summed E-state index contributed by atoms with van der Waals surface area (Å²) in [6.45, 7) is 1.24. The summed E-state index contributed by atoms with van der Waals surface area (Å²) >= 11 is 1.34. The number of hydrogen-bond donors (Lipinski definition) is 4. The van der Waals surface area contributed by atoms with E-state index in [1.165, 1.54) is 11.3 Å². The lowest BCUT2D eigenvalue weighted by Crippen LogP contribution is -2.47. The van der Waals surface area contributed by atoms with Crippen LogP contribution in [-0.4, -0.2) is 75.0 Å². The molecule has 4 bridgehead atoms. The molecule has 200 valence electrons. The van der Waals surface area contributed by atoms with Crippen molar-refractivity contribution in [1.29, 1.82) is 0 Å². The Morgan fingerprint density at radius 1 is 1.18 bits per heavy atom. The Kier molecular flexibility index (Phi) is 8.05. The van der Waals surface area contributed by atoms with Crippen LogP contribution in [0.4, 0.5) is 5.69 Å². The van der Waals surface area contributed by atoms with Crippen LogP contribution >= 0.6 is 11.3 Å². The number of fused-ring (bicyclic) bond motifs is 6. The van der Waals surface area contributed by atoms with E-state index in [1.54, 1.807) is 22.5 Å². The number of nitrogens with zero attached hydrogens (tertiary/aromatic N) is 4. The molecule has 3 aromatic rings. The molecule has 13 heteroatoms. The summed E-state index contributed by atoms with van der Waals surface area (Å²) in [6.07, 6.45) is 6.05. The van der Waals surface area contributed by atoms with Gasteiger partial charge in [0.05, 0.1) is 11.7 Å². The predicted octanol–water partition coefficient (Wildman–Crippen LogP) is 1.55. The van der Waals surface area contributed by atoms with Crippen LogP contribution in [0.3, 0.4) is 0 Å². The first-order chi connectivity index (χ1) is 18.5. The fraction of sp³-hybridized carbons (Fsp3) is 0.440. The lowest BCUT2D eigenvalue weighted by atomic mass is 10.1. The molecule has 2 aliphatic heterocycles. The van der Waals surface area contributed by atoms with Crippen molar-refractivity contribution in [2.45, 2.75) is 44.2 Å². The number of nitrogens with one attached hydrogen (secondary N) is 3. The highest BCUT2D eigenvalue weighted by Gasteiger charge is 2.28. The van der Waals surface area contributed by atoms with E-state index < -0.39 is 23.8 Å². The smallest absolute Gasteiger partial charge is 0.275 e.